The van der Waals surface area contributed by atoms with Gasteiger partial charge in [-0.2, -0.15) is 4.31 Å². The van der Waals surface area contributed by atoms with Crippen LogP contribution in [0.3, 0.4) is 0 Å². The Labute approximate surface area is 170 Å². The van der Waals surface area contributed by atoms with Gasteiger partial charge in [0.1, 0.15) is 11.4 Å². The van der Waals surface area contributed by atoms with Gasteiger partial charge >= 0.3 is 0 Å². The van der Waals surface area contributed by atoms with Crippen LogP contribution in [0.25, 0.3) is 0 Å². The minimum atomic E-state index is -3.59. The first-order valence-corrected chi connectivity index (χ1v) is 11.1. The molecule has 5 nitrogen and oxygen atoms in total. The summed E-state index contributed by atoms with van der Waals surface area (Å²) in [5, 5.41) is 0.495. The molecular formula is C21H22ClNO4S. The molecule has 0 amide bonds. The Morgan fingerprint density at radius 1 is 1.04 bits per heavy atom. The molecular weight excluding hydrogens is 398 g/mol. The average molecular weight is 420 g/mol. The number of hydrogen-bond donors (Lipinski definition) is 0. The van der Waals surface area contributed by atoms with Gasteiger partial charge in [-0.05, 0) is 55.3 Å². The van der Waals surface area contributed by atoms with Crippen LogP contribution in [0.2, 0.25) is 5.02 Å². The van der Waals surface area contributed by atoms with Crippen molar-refractivity contribution in [2.75, 3.05) is 13.1 Å². The second-order valence-electron chi connectivity index (χ2n) is 7.63. The van der Waals surface area contributed by atoms with Crippen LogP contribution in [0.5, 0.6) is 5.75 Å². The van der Waals surface area contributed by atoms with E-state index >= 15 is 0 Å². The monoisotopic (exact) mass is 419 g/mol. The highest BCUT2D eigenvalue weighted by atomic mass is 35.5. The second-order valence-corrected chi connectivity index (χ2v) is 10.0. The molecule has 148 valence electrons. The van der Waals surface area contributed by atoms with Gasteiger partial charge in [-0.1, -0.05) is 17.7 Å². The number of nitrogens with zero attached hydrogens (tertiary/aromatic N) is 1. The van der Waals surface area contributed by atoms with Crippen LogP contribution < -0.4 is 4.74 Å². The molecule has 1 fully saturated rings. The van der Waals surface area contributed by atoms with E-state index in [2.05, 4.69) is 0 Å². The third-order valence-electron chi connectivity index (χ3n) is 5.86. The van der Waals surface area contributed by atoms with Crippen LogP contribution >= 0.6 is 11.6 Å². The van der Waals surface area contributed by atoms with E-state index in [1.165, 1.54) is 16.4 Å². The van der Waals surface area contributed by atoms with E-state index in [-0.39, 0.29) is 17.1 Å². The Morgan fingerprint density at radius 2 is 1.68 bits per heavy atom. The SMILES string of the molecule is Cc1ccc2c(c1C)OC1(CCN(S(=O)(=O)c3ccc(Cl)cc3)CC1)CC2=O. The smallest absolute Gasteiger partial charge is 0.243 e. The minimum absolute atomic E-state index is 0.0679. The number of fused-ring (bicyclic) bond motifs is 1. The van der Waals surface area contributed by atoms with Gasteiger partial charge in [-0.25, -0.2) is 8.42 Å². The maximum absolute atomic E-state index is 12.9. The minimum Gasteiger partial charge on any atom is -0.486 e. The summed E-state index contributed by atoms with van der Waals surface area (Å²) >= 11 is 5.87. The van der Waals surface area contributed by atoms with Gasteiger partial charge in [0.05, 0.1) is 16.9 Å². The fourth-order valence-corrected chi connectivity index (χ4v) is 5.52. The van der Waals surface area contributed by atoms with Crippen molar-refractivity contribution in [1.82, 2.24) is 4.31 Å². The van der Waals surface area contributed by atoms with E-state index in [1.807, 2.05) is 26.0 Å². The Balaban J connectivity index is 1.56. The lowest BCUT2D eigenvalue weighted by atomic mass is 9.82. The van der Waals surface area contributed by atoms with Gasteiger partial charge in [-0.3, -0.25) is 4.79 Å². The second kappa shape index (κ2) is 6.87. The van der Waals surface area contributed by atoms with Gasteiger partial charge in [-0.15, -0.1) is 0 Å². The van der Waals surface area contributed by atoms with E-state index < -0.39 is 15.6 Å². The van der Waals surface area contributed by atoms with Crippen LogP contribution in [0.4, 0.5) is 0 Å². The number of sulfonamides is 1. The summed E-state index contributed by atoms with van der Waals surface area (Å²) in [6.45, 7) is 4.59. The molecule has 0 aliphatic carbocycles. The number of carbonyl (C=O) groups excluding carboxylic acids is 1. The zero-order chi connectivity index (χ0) is 20.1. The highest BCUT2D eigenvalue weighted by molar-refractivity contribution is 7.89. The number of hydrogen-bond acceptors (Lipinski definition) is 4. The zero-order valence-electron chi connectivity index (χ0n) is 15.9. The molecule has 7 heteroatoms. The molecule has 4 rings (SSSR count). The number of carbonyl (C=O) groups is 1. The molecule has 0 bridgehead atoms. The molecule has 0 aromatic heterocycles. The third kappa shape index (κ3) is 3.23. The number of rotatable bonds is 2. The lowest BCUT2D eigenvalue weighted by Gasteiger charge is -2.44. The number of ketones is 1. The topological polar surface area (TPSA) is 63.7 Å². The summed E-state index contributed by atoms with van der Waals surface area (Å²) in [6, 6.07) is 9.95. The van der Waals surface area contributed by atoms with E-state index in [1.54, 1.807) is 12.1 Å². The molecule has 2 aliphatic rings. The molecule has 0 atom stereocenters. The number of Topliss-reactive ketones (excluding diaryl/α,β-unsaturated/α-hetero) is 1. The van der Waals surface area contributed by atoms with Crippen LogP contribution in [0.1, 0.15) is 40.7 Å². The van der Waals surface area contributed by atoms with Crippen molar-refractivity contribution in [3.05, 3.63) is 58.1 Å². The van der Waals surface area contributed by atoms with E-state index in [0.717, 1.165) is 11.1 Å². The molecule has 2 heterocycles. The number of halogens is 1. The van der Waals surface area contributed by atoms with Gasteiger partial charge in [0, 0.05) is 31.0 Å². The number of ether oxygens (including phenoxy) is 1. The van der Waals surface area contributed by atoms with E-state index in [4.69, 9.17) is 16.3 Å². The molecule has 0 N–H and O–H groups in total. The van der Waals surface area contributed by atoms with Gasteiger partial charge in [0.15, 0.2) is 5.78 Å². The van der Waals surface area contributed by atoms with Crippen molar-refractivity contribution in [1.29, 1.82) is 0 Å². The van der Waals surface area contributed by atoms with Crippen molar-refractivity contribution in [2.45, 2.75) is 43.6 Å². The molecule has 0 unspecified atom stereocenters. The normalized spacial score (nSPS) is 19.3. The third-order valence-corrected chi connectivity index (χ3v) is 8.03. The largest absolute Gasteiger partial charge is 0.486 e. The Bertz CT molecular complexity index is 1040. The number of benzene rings is 2. The van der Waals surface area contributed by atoms with Gasteiger partial charge in [0.2, 0.25) is 10.0 Å². The zero-order valence-corrected chi connectivity index (χ0v) is 17.4. The van der Waals surface area contributed by atoms with Crippen molar-refractivity contribution in [3.8, 4) is 5.75 Å². The summed E-state index contributed by atoms with van der Waals surface area (Å²) < 4.78 is 33.6. The maximum Gasteiger partial charge on any atom is 0.243 e. The van der Waals surface area contributed by atoms with E-state index in [9.17, 15) is 13.2 Å². The van der Waals surface area contributed by atoms with Gasteiger partial charge in [0.25, 0.3) is 0 Å². The maximum atomic E-state index is 12.9. The fourth-order valence-electron chi connectivity index (χ4n) is 3.95. The first kappa shape index (κ1) is 19.4. The van der Waals surface area contributed by atoms with Crippen LogP contribution in [0, 0.1) is 13.8 Å². The molecule has 1 saturated heterocycles. The first-order valence-electron chi connectivity index (χ1n) is 9.30. The first-order chi connectivity index (χ1) is 13.2. The highest BCUT2D eigenvalue weighted by Crippen LogP contribution is 2.42. The fraction of sp³-hybridized carbons (Fsp3) is 0.381. The van der Waals surface area contributed by atoms with Crippen LogP contribution in [-0.2, 0) is 10.0 Å². The molecule has 28 heavy (non-hydrogen) atoms. The quantitative estimate of drug-likeness (QED) is 0.733. The summed E-state index contributed by atoms with van der Waals surface area (Å²) in [5.74, 6) is 0.726. The van der Waals surface area contributed by atoms with Crippen LogP contribution in [0.15, 0.2) is 41.3 Å². The summed E-state index contributed by atoms with van der Waals surface area (Å²) in [6.07, 6.45) is 1.26. The predicted molar refractivity (Wildman–Crippen MR) is 108 cm³/mol. The molecule has 0 saturated carbocycles. The summed E-state index contributed by atoms with van der Waals surface area (Å²) in [4.78, 5) is 13.0. The molecule has 2 aliphatic heterocycles. The summed E-state index contributed by atoms with van der Waals surface area (Å²) in [7, 11) is -3.59. The number of piperidine rings is 1. The standard InChI is InChI=1S/C21H22ClNO4S/c1-14-3-8-18-19(24)13-21(27-20(18)15(14)2)9-11-23(12-10-21)28(25,26)17-6-4-16(22)5-7-17/h3-8H,9-13H2,1-2H3. The summed E-state index contributed by atoms with van der Waals surface area (Å²) in [5.41, 5.74) is 2.05. The van der Waals surface area contributed by atoms with E-state index in [0.29, 0.717) is 42.3 Å². The number of aryl methyl sites for hydroxylation is 1. The lowest BCUT2D eigenvalue weighted by Crippen LogP contribution is -2.52. The van der Waals surface area contributed by atoms with Gasteiger partial charge < -0.3 is 4.74 Å². The van der Waals surface area contributed by atoms with Crippen molar-refractivity contribution in [2.24, 2.45) is 0 Å². The predicted octanol–water partition coefficient (Wildman–Crippen LogP) is 4.15. The lowest BCUT2D eigenvalue weighted by molar-refractivity contribution is 0.00532. The van der Waals surface area contributed by atoms with Crippen molar-refractivity contribution < 1.29 is 17.9 Å². The average Bonchev–Trinajstić information content (AvgIpc) is 2.66. The molecule has 1 spiro atoms. The molecule has 0 radical (unpaired) electrons. The molecule has 2 aromatic carbocycles. The Kier molecular flexibility index (Phi) is 4.76. The molecule has 2 aromatic rings. The Morgan fingerprint density at radius 3 is 2.32 bits per heavy atom. The van der Waals surface area contributed by atoms with Crippen molar-refractivity contribution in [3.63, 3.8) is 0 Å². The van der Waals surface area contributed by atoms with Crippen LogP contribution in [-0.4, -0.2) is 37.2 Å². The highest BCUT2D eigenvalue weighted by Gasteiger charge is 2.45. The Hall–Kier alpha value is -1.89. The van der Waals surface area contributed by atoms with Crippen molar-refractivity contribution >= 4 is 27.4 Å².